The van der Waals surface area contributed by atoms with Crippen molar-refractivity contribution in [1.29, 1.82) is 0 Å². The van der Waals surface area contributed by atoms with Crippen LogP contribution in [0.2, 0.25) is 0 Å². The summed E-state index contributed by atoms with van der Waals surface area (Å²) >= 11 is 0. The third kappa shape index (κ3) is 6.19. The van der Waals surface area contributed by atoms with E-state index in [1.807, 2.05) is 26.1 Å². The highest BCUT2D eigenvalue weighted by Crippen LogP contribution is 2.02. The first-order chi connectivity index (χ1) is 7.65. The maximum absolute atomic E-state index is 11.7. The lowest BCUT2D eigenvalue weighted by Gasteiger charge is -2.20. The largest absolute Gasteiger partial charge is 0.345 e. The second-order valence-corrected chi connectivity index (χ2v) is 4.00. The van der Waals surface area contributed by atoms with Crippen molar-refractivity contribution < 1.29 is 4.79 Å². The molecule has 18 heavy (non-hydrogen) atoms. The lowest BCUT2D eigenvalue weighted by molar-refractivity contribution is -0.133. The molecule has 2 N–H and O–H groups in total. The van der Waals surface area contributed by atoms with Gasteiger partial charge in [-0.05, 0) is 24.1 Å². The number of amides is 1. The summed E-state index contributed by atoms with van der Waals surface area (Å²) in [7, 11) is 1.82. The van der Waals surface area contributed by atoms with Gasteiger partial charge in [-0.25, -0.2) is 0 Å². The Kier molecular flexibility index (Phi) is 11.0. The average molecular weight is 294 g/mol. The van der Waals surface area contributed by atoms with Crippen molar-refractivity contribution in [2.75, 3.05) is 20.1 Å². The summed E-state index contributed by atoms with van der Waals surface area (Å²) in [5, 5.41) is 0. The summed E-state index contributed by atoms with van der Waals surface area (Å²) in [5.74, 6) is 0.0130. The van der Waals surface area contributed by atoms with Crippen LogP contribution in [0.5, 0.6) is 0 Å². The minimum Gasteiger partial charge on any atom is -0.345 e. The Morgan fingerprint density at radius 3 is 2.44 bits per heavy atom. The van der Waals surface area contributed by atoms with Crippen LogP contribution < -0.4 is 5.73 Å². The van der Waals surface area contributed by atoms with Gasteiger partial charge < -0.3 is 10.6 Å². The summed E-state index contributed by atoms with van der Waals surface area (Å²) in [4.78, 5) is 17.4. The summed E-state index contributed by atoms with van der Waals surface area (Å²) < 4.78 is 0. The predicted octanol–water partition coefficient (Wildman–Crippen LogP) is 1.52. The molecule has 1 heterocycles. The normalized spacial score (nSPS) is 10.8. The third-order valence-electron chi connectivity index (χ3n) is 2.64. The van der Waals surface area contributed by atoms with Gasteiger partial charge in [0.05, 0.1) is 0 Å². The number of hydrogen-bond donors (Lipinski definition) is 1. The molecule has 0 saturated carbocycles. The van der Waals surface area contributed by atoms with Gasteiger partial charge in [-0.15, -0.1) is 24.8 Å². The minimum atomic E-state index is -0.0950. The zero-order valence-corrected chi connectivity index (χ0v) is 12.3. The molecule has 0 aliphatic rings. The molecule has 1 atom stereocenters. The van der Waals surface area contributed by atoms with Crippen LogP contribution in [0.3, 0.4) is 0 Å². The monoisotopic (exact) mass is 293 g/mol. The van der Waals surface area contributed by atoms with Crippen LogP contribution in [0.4, 0.5) is 0 Å². The highest BCUT2D eigenvalue weighted by molar-refractivity contribution is 5.85. The number of carbonyl (C=O) groups excluding carboxylic acids is 1. The van der Waals surface area contributed by atoms with E-state index in [1.165, 1.54) is 5.56 Å². The first kappa shape index (κ1) is 19.5. The highest BCUT2D eigenvalue weighted by atomic mass is 35.5. The van der Waals surface area contributed by atoms with Crippen molar-refractivity contribution in [3.05, 3.63) is 30.1 Å². The van der Waals surface area contributed by atoms with Crippen molar-refractivity contribution in [2.45, 2.75) is 13.3 Å². The van der Waals surface area contributed by atoms with E-state index in [1.54, 1.807) is 17.3 Å². The van der Waals surface area contributed by atoms with Gasteiger partial charge in [0.15, 0.2) is 0 Å². The SMILES string of the molecule is CC(CN)C(=O)N(C)CCc1ccncc1.Cl.Cl. The van der Waals surface area contributed by atoms with Crippen molar-refractivity contribution >= 4 is 30.7 Å². The zero-order valence-electron chi connectivity index (χ0n) is 10.7. The number of rotatable bonds is 5. The molecule has 0 radical (unpaired) electrons. The van der Waals surface area contributed by atoms with E-state index in [9.17, 15) is 4.79 Å². The standard InChI is InChI=1S/C12H19N3O.2ClH/c1-10(9-13)12(16)15(2)8-5-11-3-6-14-7-4-11;;/h3-4,6-7,10H,5,8-9,13H2,1-2H3;2*1H. The summed E-state index contributed by atoms with van der Waals surface area (Å²) in [6, 6.07) is 3.93. The molecule has 1 aromatic heterocycles. The summed E-state index contributed by atoms with van der Waals surface area (Å²) in [5.41, 5.74) is 6.65. The lowest BCUT2D eigenvalue weighted by Crippen LogP contribution is -2.36. The Morgan fingerprint density at radius 1 is 1.39 bits per heavy atom. The highest BCUT2D eigenvalue weighted by Gasteiger charge is 2.15. The number of aromatic nitrogens is 1. The lowest BCUT2D eigenvalue weighted by atomic mass is 10.1. The van der Waals surface area contributed by atoms with Gasteiger partial charge >= 0.3 is 0 Å². The average Bonchev–Trinajstić information content (AvgIpc) is 2.35. The molecule has 1 aromatic rings. The van der Waals surface area contributed by atoms with Crippen molar-refractivity contribution in [1.82, 2.24) is 9.88 Å². The number of likely N-dealkylation sites (N-methyl/N-ethyl adjacent to an activating group) is 1. The maximum Gasteiger partial charge on any atom is 0.226 e. The van der Waals surface area contributed by atoms with Gasteiger partial charge in [0.1, 0.15) is 0 Å². The van der Waals surface area contributed by atoms with Gasteiger partial charge in [0.25, 0.3) is 0 Å². The number of nitrogens with two attached hydrogens (primary N) is 1. The molecule has 4 nitrogen and oxygen atoms in total. The van der Waals surface area contributed by atoms with Gasteiger partial charge in [-0.3, -0.25) is 9.78 Å². The van der Waals surface area contributed by atoms with Gasteiger partial charge in [-0.1, -0.05) is 6.92 Å². The molecule has 1 unspecified atom stereocenters. The number of carbonyl (C=O) groups is 1. The Balaban J connectivity index is 0. The van der Waals surface area contributed by atoms with Crippen LogP contribution in [-0.2, 0) is 11.2 Å². The molecule has 0 aliphatic carbocycles. The molecule has 0 aromatic carbocycles. The molecule has 0 saturated heterocycles. The van der Waals surface area contributed by atoms with E-state index in [0.29, 0.717) is 13.1 Å². The molecule has 0 aliphatic heterocycles. The zero-order chi connectivity index (χ0) is 12.0. The minimum absolute atomic E-state index is 0. The predicted molar refractivity (Wildman–Crippen MR) is 78.3 cm³/mol. The molecular formula is C12H21Cl2N3O. The van der Waals surface area contributed by atoms with Crippen LogP contribution in [0.15, 0.2) is 24.5 Å². The molecule has 0 fully saturated rings. The van der Waals surface area contributed by atoms with E-state index >= 15 is 0 Å². The second kappa shape index (κ2) is 10.1. The molecule has 1 rings (SSSR count). The van der Waals surface area contributed by atoms with Gasteiger partial charge in [0, 0.05) is 38.4 Å². The number of halogens is 2. The fraction of sp³-hybridized carbons (Fsp3) is 0.500. The first-order valence-electron chi connectivity index (χ1n) is 5.49. The quantitative estimate of drug-likeness (QED) is 0.895. The number of hydrogen-bond acceptors (Lipinski definition) is 3. The first-order valence-corrected chi connectivity index (χ1v) is 5.49. The fourth-order valence-electron chi connectivity index (χ4n) is 1.43. The van der Waals surface area contributed by atoms with Crippen molar-refractivity contribution in [3.8, 4) is 0 Å². The van der Waals surface area contributed by atoms with Gasteiger partial charge in [0.2, 0.25) is 5.91 Å². The van der Waals surface area contributed by atoms with E-state index in [4.69, 9.17) is 5.73 Å². The van der Waals surface area contributed by atoms with Crippen LogP contribution >= 0.6 is 24.8 Å². The number of nitrogens with zero attached hydrogens (tertiary/aromatic N) is 2. The third-order valence-corrected chi connectivity index (χ3v) is 2.64. The molecular weight excluding hydrogens is 273 g/mol. The van der Waals surface area contributed by atoms with E-state index in [-0.39, 0.29) is 36.6 Å². The molecule has 104 valence electrons. The number of pyridine rings is 1. The van der Waals surface area contributed by atoms with Crippen LogP contribution in [0.1, 0.15) is 12.5 Å². The summed E-state index contributed by atoms with van der Waals surface area (Å²) in [6.45, 7) is 2.97. The fourth-order valence-corrected chi connectivity index (χ4v) is 1.43. The van der Waals surface area contributed by atoms with Crippen LogP contribution in [0.25, 0.3) is 0 Å². The van der Waals surface area contributed by atoms with E-state index in [2.05, 4.69) is 4.98 Å². The Bertz CT molecular complexity index is 335. The van der Waals surface area contributed by atoms with Crippen molar-refractivity contribution in [2.24, 2.45) is 11.7 Å². The van der Waals surface area contributed by atoms with Crippen LogP contribution in [0, 0.1) is 5.92 Å². The molecule has 0 spiro atoms. The van der Waals surface area contributed by atoms with Crippen LogP contribution in [-0.4, -0.2) is 35.9 Å². The Morgan fingerprint density at radius 2 is 1.94 bits per heavy atom. The van der Waals surface area contributed by atoms with E-state index in [0.717, 1.165) is 6.42 Å². The van der Waals surface area contributed by atoms with E-state index < -0.39 is 0 Å². The molecule has 1 amide bonds. The maximum atomic E-state index is 11.7. The molecule has 0 bridgehead atoms. The summed E-state index contributed by atoms with van der Waals surface area (Å²) in [6.07, 6.45) is 4.38. The van der Waals surface area contributed by atoms with Crippen molar-refractivity contribution in [3.63, 3.8) is 0 Å². The van der Waals surface area contributed by atoms with Gasteiger partial charge in [-0.2, -0.15) is 0 Å². The smallest absolute Gasteiger partial charge is 0.226 e. The molecule has 6 heteroatoms. The Labute approximate surface area is 121 Å². The topological polar surface area (TPSA) is 59.2 Å². The second-order valence-electron chi connectivity index (χ2n) is 4.00. The Hall–Kier alpha value is -0.840.